The van der Waals surface area contributed by atoms with Crippen molar-refractivity contribution >= 4 is 11.0 Å². The van der Waals surface area contributed by atoms with Gasteiger partial charge in [-0.05, 0) is 0 Å². The van der Waals surface area contributed by atoms with Crippen molar-refractivity contribution in [1.82, 2.24) is 0 Å². The second-order valence-electron chi connectivity index (χ2n) is 7.73. The van der Waals surface area contributed by atoms with Gasteiger partial charge in [0.15, 0.2) is 0 Å². The van der Waals surface area contributed by atoms with Crippen molar-refractivity contribution in [1.29, 1.82) is 0 Å². The minimum absolute atomic E-state index is 0.274. The number of allylic oxidation sites excluding steroid dienone is 5. The summed E-state index contributed by atoms with van der Waals surface area (Å²) in [4.78, 5) is 0. The van der Waals surface area contributed by atoms with E-state index in [1.807, 2.05) is 3.28 Å². The molecule has 2 aromatic carbocycles. The Morgan fingerprint density at radius 3 is 2.27 bits per heavy atom. The summed E-state index contributed by atoms with van der Waals surface area (Å²) in [7, 11) is 0. The van der Waals surface area contributed by atoms with Crippen molar-refractivity contribution in [2.75, 3.05) is 0 Å². The van der Waals surface area contributed by atoms with Crippen LogP contribution in [-0.2, 0) is 20.4 Å². The van der Waals surface area contributed by atoms with Gasteiger partial charge < -0.3 is 0 Å². The van der Waals surface area contributed by atoms with E-state index in [1.165, 1.54) is 28.7 Å². The van der Waals surface area contributed by atoms with E-state index in [2.05, 4.69) is 93.7 Å². The van der Waals surface area contributed by atoms with Crippen LogP contribution in [0.4, 0.5) is 0 Å². The Kier molecular flexibility index (Phi) is 5.17. The maximum absolute atomic E-state index is 2.65. The Bertz CT molecular complexity index is 986. The van der Waals surface area contributed by atoms with Crippen LogP contribution >= 0.6 is 0 Å². The van der Waals surface area contributed by atoms with E-state index >= 15 is 0 Å². The molecule has 0 fully saturated rings. The van der Waals surface area contributed by atoms with Crippen LogP contribution < -0.4 is 0 Å². The van der Waals surface area contributed by atoms with Gasteiger partial charge in [-0.2, -0.15) is 0 Å². The van der Waals surface area contributed by atoms with Crippen molar-refractivity contribution in [2.45, 2.75) is 37.0 Å². The van der Waals surface area contributed by atoms with Crippen LogP contribution in [0, 0.1) is 0 Å². The Hall–Kier alpha value is -1.24. The van der Waals surface area contributed by atoms with Crippen LogP contribution in [0.5, 0.6) is 0 Å². The predicted molar refractivity (Wildman–Crippen MR) is 111 cm³/mol. The average molecular weight is 434 g/mol. The van der Waals surface area contributed by atoms with Gasteiger partial charge in [-0.25, -0.2) is 0 Å². The van der Waals surface area contributed by atoms with Crippen molar-refractivity contribution in [3.63, 3.8) is 0 Å². The maximum atomic E-state index is 2.65. The second kappa shape index (κ2) is 7.41. The third-order valence-electron chi connectivity index (χ3n) is 5.72. The zero-order chi connectivity index (χ0) is 18.3. The monoisotopic (exact) mass is 432 g/mol. The zero-order valence-corrected chi connectivity index (χ0v) is 19.6. The SMILES string of the molecule is CC1=C(C)C[C]([Zr]([CH]2C=C(c3ccccc3)c3ccccc32)=[Si](C)C)=C1. The van der Waals surface area contributed by atoms with Gasteiger partial charge in [0.2, 0.25) is 0 Å². The van der Waals surface area contributed by atoms with Crippen molar-refractivity contribution in [3.8, 4) is 0 Å². The first kappa shape index (κ1) is 18.1. The molecule has 1 unspecified atom stereocenters. The number of fused-ring (bicyclic) bond motifs is 1. The quantitative estimate of drug-likeness (QED) is 0.474. The molecule has 2 aliphatic rings. The van der Waals surface area contributed by atoms with Crippen molar-refractivity contribution in [3.05, 3.63) is 97.9 Å². The first-order valence-corrected chi connectivity index (χ1v) is 18.3. The molecule has 0 radical (unpaired) electrons. The molecule has 0 saturated heterocycles. The van der Waals surface area contributed by atoms with Gasteiger partial charge in [-0.3, -0.25) is 0 Å². The van der Waals surface area contributed by atoms with Gasteiger partial charge in [0.05, 0.1) is 0 Å². The molecule has 0 nitrogen and oxygen atoms in total. The van der Waals surface area contributed by atoms with E-state index in [0.29, 0.717) is 3.63 Å². The van der Waals surface area contributed by atoms with Crippen LogP contribution in [0.15, 0.2) is 81.2 Å². The molecule has 0 saturated carbocycles. The minimum atomic E-state index is -1.75. The molecule has 0 bridgehead atoms. The fourth-order valence-electron chi connectivity index (χ4n) is 4.33. The number of hydrogen-bond acceptors (Lipinski definition) is 0. The Morgan fingerprint density at radius 2 is 1.62 bits per heavy atom. The summed E-state index contributed by atoms with van der Waals surface area (Å²) >= 11 is -1.75. The van der Waals surface area contributed by atoms with E-state index in [1.54, 1.807) is 11.1 Å². The molecule has 4 rings (SSSR count). The van der Waals surface area contributed by atoms with Crippen LogP contribution in [0.25, 0.3) is 5.57 Å². The van der Waals surface area contributed by atoms with Gasteiger partial charge in [-0.1, -0.05) is 0 Å². The van der Waals surface area contributed by atoms with E-state index in [4.69, 9.17) is 0 Å². The number of hydrogen-bond donors (Lipinski definition) is 0. The molecular formula is C24H26SiZr. The summed E-state index contributed by atoms with van der Waals surface area (Å²) in [5.74, 6) is 0. The third kappa shape index (κ3) is 3.23. The third-order valence-corrected chi connectivity index (χ3v) is 23.7. The second-order valence-corrected chi connectivity index (χ2v) is 25.4. The van der Waals surface area contributed by atoms with E-state index < -0.39 is 20.4 Å². The molecule has 2 heteroatoms. The summed E-state index contributed by atoms with van der Waals surface area (Å²) in [6, 6.07) is 20.2. The molecule has 1 atom stereocenters. The summed E-state index contributed by atoms with van der Waals surface area (Å²) in [5, 5.41) is 0. The average Bonchev–Trinajstić information content (AvgIpc) is 3.17. The van der Waals surface area contributed by atoms with Gasteiger partial charge in [0.25, 0.3) is 0 Å². The normalized spacial score (nSPS) is 18.5. The Morgan fingerprint density at radius 1 is 0.923 bits per heavy atom. The van der Waals surface area contributed by atoms with E-state index in [-0.39, 0.29) is 5.43 Å². The first-order valence-electron chi connectivity index (χ1n) is 9.47. The molecular weight excluding hydrogens is 408 g/mol. The molecule has 0 spiro atoms. The summed E-state index contributed by atoms with van der Waals surface area (Å²) in [6.45, 7) is 9.76. The zero-order valence-electron chi connectivity index (χ0n) is 16.1. The fourth-order valence-corrected chi connectivity index (χ4v) is 22.5. The molecule has 0 heterocycles. The van der Waals surface area contributed by atoms with Gasteiger partial charge in [0, 0.05) is 0 Å². The molecule has 0 amide bonds. The molecule has 130 valence electrons. The van der Waals surface area contributed by atoms with E-state index in [0.717, 1.165) is 0 Å². The topological polar surface area (TPSA) is 0 Å². The first-order chi connectivity index (χ1) is 12.6. The Labute approximate surface area is 165 Å². The van der Waals surface area contributed by atoms with Crippen LogP contribution in [0.2, 0.25) is 13.1 Å². The fraction of sp³-hybridized carbons (Fsp3) is 0.250. The number of benzene rings is 2. The van der Waals surface area contributed by atoms with Crippen molar-refractivity contribution < 1.29 is 20.4 Å². The Balaban J connectivity index is 1.85. The summed E-state index contributed by atoms with van der Waals surface area (Å²) in [6.07, 6.45) is 6.47. The van der Waals surface area contributed by atoms with Gasteiger partial charge in [0.1, 0.15) is 0 Å². The molecule has 0 aliphatic heterocycles. The standard InChI is InChI=1S/C15H11.C7H9.C2H6Si.Zr/c1-2-6-12(7-3-1)15-11-10-13-8-4-5-9-14(13)15;1-6-4-3-5-7(6)2;1-3-2;/h1-11H;4H,5H2,1-2H3;1-2H3;. The van der Waals surface area contributed by atoms with Crippen LogP contribution in [-0.4, -0.2) is 5.43 Å². The van der Waals surface area contributed by atoms with E-state index in [9.17, 15) is 0 Å². The van der Waals surface area contributed by atoms with Crippen LogP contribution in [0.1, 0.15) is 40.6 Å². The molecule has 26 heavy (non-hydrogen) atoms. The summed E-state index contributed by atoms with van der Waals surface area (Å²) in [5.41, 5.74) is 8.77. The number of rotatable bonds is 3. The summed E-state index contributed by atoms with van der Waals surface area (Å²) < 4.78 is 2.56. The van der Waals surface area contributed by atoms with Gasteiger partial charge >= 0.3 is 166 Å². The molecule has 2 aliphatic carbocycles. The van der Waals surface area contributed by atoms with Crippen LogP contribution in [0.3, 0.4) is 0 Å². The van der Waals surface area contributed by atoms with Gasteiger partial charge in [-0.15, -0.1) is 0 Å². The molecule has 2 aromatic rings. The van der Waals surface area contributed by atoms with Crippen molar-refractivity contribution in [2.24, 2.45) is 0 Å². The molecule has 0 aromatic heterocycles. The predicted octanol–water partition coefficient (Wildman–Crippen LogP) is 6.67. The molecule has 0 N–H and O–H groups in total.